The van der Waals surface area contributed by atoms with Gasteiger partial charge in [0.25, 0.3) is 0 Å². The van der Waals surface area contributed by atoms with E-state index in [1.54, 1.807) is 18.2 Å². The molecule has 6 heteroatoms. The Labute approximate surface area is 98.5 Å². The van der Waals surface area contributed by atoms with Gasteiger partial charge in [-0.25, -0.2) is 8.42 Å². The fourth-order valence-electron chi connectivity index (χ4n) is 1.70. The number of amides is 1. The SMILES string of the molecule is O=C(CCl)Nc1ccc2c(c1)CS(=O)(=O)C2. The van der Waals surface area contributed by atoms with Gasteiger partial charge in [0.2, 0.25) is 5.91 Å². The standard InChI is InChI=1S/C10H10ClNO3S/c11-4-10(13)12-9-2-1-7-5-16(14,15)6-8(7)3-9/h1-3H,4-6H2,(H,12,13). The van der Waals surface area contributed by atoms with E-state index in [2.05, 4.69) is 5.32 Å². The molecule has 0 saturated carbocycles. The average molecular weight is 260 g/mol. The van der Waals surface area contributed by atoms with Crippen molar-refractivity contribution in [2.24, 2.45) is 0 Å². The van der Waals surface area contributed by atoms with Crippen LogP contribution >= 0.6 is 11.6 Å². The highest BCUT2D eigenvalue weighted by molar-refractivity contribution is 7.90. The number of carbonyl (C=O) groups is 1. The number of rotatable bonds is 2. The molecular formula is C10H10ClNO3S. The second kappa shape index (κ2) is 4.07. The predicted molar refractivity (Wildman–Crippen MR) is 62.1 cm³/mol. The highest BCUT2D eigenvalue weighted by atomic mass is 35.5. The molecule has 0 spiro atoms. The summed E-state index contributed by atoms with van der Waals surface area (Å²) in [4.78, 5) is 11.0. The third kappa shape index (κ3) is 2.36. The molecule has 1 aromatic rings. The van der Waals surface area contributed by atoms with Crippen LogP contribution in [0.2, 0.25) is 0 Å². The summed E-state index contributed by atoms with van der Waals surface area (Å²) < 4.78 is 22.7. The molecule has 16 heavy (non-hydrogen) atoms. The van der Waals surface area contributed by atoms with Gasteiger partial charge in [0.1, 0.15) is 5.88 Å². The van der Waals surface area contributed by atoms with Gasteiger partial charge >= 0.3 is 0 Å². The largest absolute Gasteiger partial charge is 0.325 e. The van der Waals surface area contributed by atoms with E-state index in [1.165, 1.54) is 0 Å². The van der Waals surface area contributed by atoms with Gasteiger partial charge in [-0.1, -0.05) is 6.07 Å². The Bertz CT molecular complexity index is 539. The van der Waals surface area contributed by atoms with Crippen molar-refractivity contribution in [3.8, 4) is 0 Å². The normalized spacial score (nSPS) is 16.8. The molecule has 0 aromatic heterocycles. The van der Waals surface area contributed by atoms with Crippen LogP contribution in [0.3, 0.4) is 0 Å². The molecule has 86 valence electrons. The number of halogens is 1. The first-order valence-electron chi connectivity index (χ1n) is 4.68. The molecule has 1 heterocycles. The molecule has 0 bridgehead atoms. The van der Waals surface area contributed by atoms with Crippen LogP contribution < -0.4 is 5.32 Å². The maximum absolute atomic E-state index is 11.4. The zero-order valence-corrected chi connectivity index (χ0v) is 9.94. The lowest BCUT2D eigenvalue weighted by Gasteiger charge is -2.04. The maximum atomic E-state index is 11.4. The van der Waals surface area contributed by atoms with Crippen molar-refractivity contribution in [2.45, 2.75) is 11.5 Å². The zero-order chi connectivity index (χ0) is 11.8. The van der Waals surface area contributed by atoms with Gasteiger partial charge in [0.15, 0.2) is 9.84 Å². The molecule has 0 aliphatic carbocycles. The topological polar surface area (TPSA) is 63.2 Å². The van der Waals surface area contributed by atoms with Crippen LogP contribution in [-0.2, 0) is 26.1 Å². The summed E-state index contributed by atoms with van der Waals surface area (Å²) in [5.41, 5.74) is 2.15. The number of sulfone groups is 1. The van der Waals surface area contributed by atoms with Crippen molar-refractivity contribution in [3.05, 3.63) is 29.3 Å². The minimum atomic E-state index is -2.99. The first-order chi connectivity index (χ1) is 7.50. The highest BCUT2D eigenvalue weighted by Gasteiger charge is 2.24. The lowest BCUT2D eigenvalue weighted by molar-refractivity contribution is -0.113. The van der Waals surface area contributed by atoms with Gasteiger partial charge in [-0.3, -0.25) is 4.79 Å². The molecule has 0 radical (unpaired) electrons. The van der Waals surface area contributed by atoms with Crippen molar-refractivity contribution in [1.82, 2.24) is 0 Å². The minimum Gasteiger partial charge on any atom is -0.325 e. The third-order valence-electron chi connectivity index (χ3n) is 2.36. The summed E-state index contributed by atoms with van der Waals surface area (Å²) in [7, 11) is -2.99. The molecule has 0 atom stereocenters. The predicted octanol–water partition coefficient (Wildman–Crippen LogP) is 1.29. The summed E-state index contributed by atoms with van der Waals surface area (Å²) in [6, 6.07) is 5.10. The quantitative estimate of drug-likeness (QED) is 0.814. The van der Waals surface area contributed by atoms with Gasteiger partial charge < -0.3 is 5.32 Å². The molecule has 0 unspecified atom stereocenters. The van der Waals surface area contributed by atoms with E-state index in [0.717, 1.165) is 11.1 Å². The van der Waals surface area contributed by atoms with E-state index < -0.39 is 9.84 Å². The number of hydrogen-bond acceptors (Lipinski definition) is 3. The van der Waals surface area contributed by atoms with E-state index in [4.69, 9.17) is 11.6 Å². The van der Waals surface area contributed by atoms with E-state index in [9.17, 15) is 13.2 Å². The molecule has 0 saturated heterocycles. The van der Waals surface area contributed by atoms with E-state index in [-0.39, 0.29) is 23.3 Å². The van der Waals surface area contributed by atoms with Crippen molar-refractivity contribution >= 4 is 33.0 Å². The molecule has 1 aliphatic rings. The van der Waals surface area contributed by atoms with Crippen LogP contribution in [0.1, 0.15) is 11.1 Å². The van der Waals surface area contributed by atoms with Crippen LogP contribution in [-0.4, -0.2) is 20.2 Å². The van der Waals surface area contributed by atoms with Crippen molar-refractivity contribution in [3.63, 3.8) is 0 Å². The Morgan fingerprint density at radius 3 is 2.69 bits per heavy atom. The van der Waals surface area contributed by atoms with Gasteiger partial charge in [0.05, 0.1) is 11.5 Å². The van der Waals surface area contributed by atoms with Crippen molar-refractivity contribution in [1.29, 1.82) is 0 Å². The van der Waals surface area contributed by atoms with Crippen LogP contribution in [0.15, 0.2) is 18.2 Å². The first kappa shape index (κ1) is 11.4. The molecular weight excluding hydrogens is 250 g/mol. The second-order valence-electron chi connectivity index (χ2n) is 3.70. The molecule has 1 amide bonds. The molecule has 0 fully saturated rings. The number of anilines is 1. The first-order valence-corrected chi connectivity index (χ1v) is 7.04. The summed E-state index contributed by atoms with van der Waals surface area (Å²) in [5, 5.41) is 2.58. The van der Waals surface area contributed by atoms with Gasteiger partial charge in [0, 0.05) is 5.69 Å². The van der Waals surface area contributed by atoms with Crippen LogP contribution in [0, 0.1) is 0 Å². The number of nitrogens with one attached hydrogen (secondary N) is 1. The smallest absolute Gasteiger partial charge is 0.239 e. The summed E-state index contributed by atoms with van der Waals surface area (Å²) in [6.07, 6.45) is 0. The molecule has 1 N–H and O–H groups in total. The Hall–Kier alpha value is -1.07. The highest BCUT2D eigenvalue weighted by Crippen LogP contribution is 2.27. The Morgan fingerprint density at radius 2 is 2.00 bits per heavy atom. The van der Waals surface area contributed by atoms with Crippen LogP contribution in [0.25, 0.3) is 0 Å². The number of fused-ring (bicyclic) bond motifs is 1. The van der Waals surface area contributed by atoms with Gasteiger partial charge in [-0.05, 0) is 23.3 Å². The molecule has 1 aliphatic heterocycles. The monoisotopic (exact) mass is 259 g/mol. The minimum absolute atomic E-state index is 0.0485. The number of hydrogen-bond donors (Lipinski definition) is 1. The zero-order valence-electron chi connectivity index (χ0n) is 8.36. The Balaban J connectivity index is 2.26. The fraction of sp³-hybridized carbons (Fsp3) is 0.300. The van der Waals surface area contributed by atoms with E-state index in [1.807, 2.05) is 0 Å². The summed E-state index contributed by atoms with van der Waals surface area (Å²) in [6.45, 7) is 0. The van der Waals surface area contributed by atoms with E-state index >= 15 is 0 Å². The molecule has 2 rings (SSSR count). The third-order valence-corrected chi connectivity index (χ3v) is 4.11. The number of carbonyl (C=O) groups excluding carboxylic acids is 1. The van der Waals surface area contributed by atoms with Crippen LogP contribution in [0.5, 0.6) is 0 Å². The van der Waals surface area contributed by atoms with E-state index in [0.29, 0.717) is 5.69 Å². The van der Waals surface area contributed by atoms with Crippen molar-refractivity contribution < 1.29 is 13.2 Å². The Kier molecular flexibility index (Phi) is 2.90. The van der Waals surface area contributed by atoms with Crippen LogP contribution in [0.4, 0.5) is 5.69 Å². The Morgan fingerprint density at radius 1 is 1.31 bits per heavy atom. The van der Waals surface area contributed by atoms with Crippen molar-refractivity contribution in [2.75, 3.05) is 11.2 Å². The molecule has 1 aromatic carbocycles. The summed E-state index contributed by atoms with van der Waals surface area (Å²) >= 11 is 5.36. The second-order valence-corrected chi connectivity index (χ2v) is 6.03. The lowest BCUT2D eigenvalue weighted by atomic mass is 10.1. The van der Waals surface area contributed by atoms with Gasteiger partial charge in [-0.2, -0.15) is 0 Å². The molecule has 4 nitrogen and oxygen atoms in total. The number of alkyl halides is 1. The summed E-state index contributed by atoms with van der Waals surface area (Å²) in [5.74, 6) is -0.281. The lowest BCUT2D eigenvalue weighted by Crippen LogP contribution is -2.12. The average Bonchev–Trinajstić information content (AvgIpc) is 2.51. The number of benzene rings is 1. The fourth-order valence-corrected chi connectivity index (χ4v) is 3.37. The maximum Gasteiger partial charge on any atom is 0.239 e. The van der Waals surface area contributed by atoms with Gasteiger partial charge in [-0.15, -0.1) is 11.6 Å².